The van der Waals surface area contributed by atoms with Crippen molar-refractivity contribution in [1.82, 2.24) is 15.3 Å². The maximum Gasteiger partial charge on any atom is 0.187 e. The molecule has 1 atom stereocenters. The molecule has 3 nitrogen and oxygen atoms in total. The van der Waals surface area contributed by atoms with Crippen molar-refractivity contribution in [2.75, 3.05) is 12.3 Å². The smallest absolute Gasteiger partial charge is 0.187 e. The molecule has 4 heteroatoms. The van der Waals surface area contributed by atoms with E-state index in [1.54, 1.807) is 24.2 Å². The molecule has 1 aliphatic rings. The van der Waals surface area contributed by atoms with Crippen molar-refractivity contribution in [3.8, 4) is 0 Å². The Hall–Kier alpha value is -0.610. The minimum Gasteiger partial charge on any atom is -0.314 e. The molecule has 1 heterocycles. The van der Waals surface area contributed by atoms with E-state index in [-0.39, 0.29) is 0 Å². The van der Waals surface area contributed by atoms with Crippen LogP contribution in [0.15, 0.2) is 23.6 Å². The molecule has 0 aliphatic heterocycles. The van der Waals surface area contributed by atoms with Crippen molar-refractivity contribution < 1.29 is 0 Å². The summed E-state index contributed by atoms with van der Waals surface area (Å²) in [6.07, 6.45) is 6.31. The normalized spacial score (nSPS) is 17.7. The van der Waals surface area contributed by atoms with E-state index >= 15 is 0 Å². The lowest BCUT2D eigenvalue weighted by Crippen LogP contribution is -2.24. The molecular weight excluding hydrogens is 206 g/mol. The fourth-order valence-electron chi connectivity index (χ4n) is 1.29. The second-order valence-electron chi connectivity index (χ2n) is 4.13. The van der Waals surface area contributed by atoms with Crippen molar-refractivity contribution in [3.63, 3.8) is 0 Å². The highest BCUT2D eigenvalue weighted by Crippen LogP contribution is 2.20. The van der Waals surface area contributed by atoms with Gasteiger partial charge in [0.25, 0.3) is 0 Å². The van der Waals surface area contributed by atoms with Crippen molar-refractivity contribution in [2.45, 2.75) is 31.0 Å². The van der Waals surface area contributed by atoms with Crippen molar-refractivity contribution in [2.24, 2.45) is 5.92 Å². The molecule has 0 radical (unpaired) electrons. The standard InChI is InChI=1S/C11H17N3S/c1-9(7-14-10-3-4-10)8-15-11-12-5-2-6-13-11/h2,5-6,9-10,14H,3-4,7-8H2,1H3. The van der Waals surface area contributed by atoms with Crippen LogP contribution in [-0.4, -0.2) is 28.3 Å². The number of aromatic nitrogens is 2. The summed E-state index contributed by atoms with van der Waals surface area (Å²) in [6.45, 7) is 3.38. The molecule has 1 aliphatic carbocycles. The average Bonchev–Trinajstić information content (AvgIpc) is 3.09. The van der Waals surface area contributed by atoms with E-state index in [0.29, 0.717) is 5.92 Å². The second kappa shape index (κ2) is 5.47. The summed E-state index contributed by atoms with van der Waals surface area (Å²) in [7, 11) is 0. The Morgan fingerprint density at radius 3 is 2.87 bits per heavy atom. The first-order valence-corrected chi connectivity index (χ1v) is 6.46. The quantitative estimate of drug-likeness (QED) is 0.591. The highest BCUT2D eigenvalue weighted by molar-refractivity contribution is 7.99. The Morgan fingerprint density at radius 1 is 1.47 bits per heavy atom. The van der Waals surface area contributed by atoms with Gasteiger partial charge < -0.3 is 5.32 Å². The predicted molar refractivity (Wildman–Crippen MR) is 62.9 cm³/mol. The predicted octanol–water partition coefficient (Wildman–Crippen LogP) is 1.96. The molecule has 0 bridgehead atoms. The summed E-state index contributed by atoms with van der Waals surface area (Å²) in [5.74, 6) is 1.77. The molecule has 15 heavy (non-hydrogen) atoms. The molecule has 82 valence electrons. The topological polar surface area (TPSA) is 37.8 Å². The van der Waals surface area contributed by atoms with Gasteiger partial charge >= 0.3 is 0 Å². The van der Waals surface area contributed by atoms with Gasteiger partial charge in [-0.3, -0.25) is 0 Å². The second-order valence-corrected chi connectivity index (χ2v) is 5.12. The first kappa shape index (κ1) is 10.9. The zero-order valence-corrected chi connectivity index (χ0v) is 9.83. The molecule has 0 aromatic carbocycles. The van der Waals surface area contributed by atoms with Crippen molar-refractivity contribution in [3.05, 3.63) is 18.5 Å². The van der Waals surface area contributed by atoms with E-state index in [1.165, 1.54) is 12.8 Å². The Bertz CT molecular complexity index is 287. The summed E-state index contributed by atoms with van der Waals surface area (Å²) >= 11 is 1.74. The SMILES string of the molecule is CC(CNC1CC1)CSc1ncccn1. The van der Waals surface area contributed by atoms with E-state index < -0.39 is 0 Å². The molecule has 1 saturated carbocycles. The maximum atomic E-state index is 4.19. The van der Waals surface area contributed by atoms with Gasteiger partial charge in [0.05, 0.1) is 0 Å². The van der Waals surface area contributed by atoms with Gasteiger partial charge in [0.1, 0.15) is 0 Å². The molecule has 0 saturated heterocycles. The molecule has 1 aromatic rings. The van der Waals surface area contributed by atoms with Gasteiger partial charge in [-0.15, -0.1) is 0 Å². The van der Waals surface area contributed by atoms with Gasteiger partial charge in [0, 0.05) is 24.2 Å². The van der Waals surface area contributed by atoms with Crippen LogP contribution in [0.2, 0.25) is 0 Å². The third kappa shape index (κ3) is 4.18. The van der Waals surface area contributed by atoms with Crippen LogP contribution in [-0.2, 0) is 0 Å². The maximum absolute atomic E-state index is 4.19. The minimum absolute atomic E-state index is 0.680. The largest absolute Gasteiger partial charge is 0.314 e. The Labute approximate surface area is 95.1 Å². The first-order chi connectivity index (χ1) is 7.34. The first-order valence-electron chi connectivity index (χ1n) is 5.48. The number of rotatable bonds is 6. The van der Waals surface area contributed by atoms with Gasteiger partial charge in [-0.05, 0) is 31.4 Å². The monoisotopic (exact) mass is 223 g/mol. The summed E-state index contributed by atoms with van der Waals surface area (Å²) in [5, 5.41) is 4.42. The van der Waals surface area contributed by atoms with E-state index in [1.807, 2.05) is 6.07 Å². The van der Waals surface area contributed by atoms with Crippen molar-refractivity contribution >= 4 is 11.8 Å². The Kier molecular flexibility index (Phi) is 3.97. The molecule has 0 amide bonds. The molecule has 1 N–H and O–H groups in total. The van der Waals surface area contributed by atoms with Crippen LogP contribution in [0.4, 0.5) is 0 Å². The zero-order valence-electron chi connectivity index (χ0n) is 9.02. The van der Waals surface area contributed by atoms with Gasteiger partial charge in [-0.1, -0.05) is 18.7 Å². The van der Waals surface area contributed by atoms with Gasteiger partial charge in [0.2, 0.25) is 0 Å². The fraction of sp³-hybridized carbons (Fsp3) is 0.636. The van der Waals surface area contributed by atoms with Crippen molar-refractivity contribution in [1.29, 1.82) is 0 Å². The highest BCUT2D eigenvalue weighted by atomic mass is 32.2. The number of hydrogen-bond donors (Lipinski definition) is 1. The van der Waals surface area contributed by atoms with Crippen LogP contribution >= 0.6 is 11.8 Å². The highest BCUT2D eigenvalue weighted by Gasteiger charge is 2.20. The summed E-state index contributed by atoms with van der Waals surface area (Å²) in [5.41, 5.74) is 0. The molecule has 1 unspecified atom stereocenters. The Balaban J connectivity index is 1.63. The average molecular weight is 223 g/mol. The third-order valence-electron chi connectivity index (χ3n) is 2.37. The summed E-state index contributed by atoms with van der Waals surface area (Å²) in [4.78, 5) is 8.38. The lowest BCUT2D eigenvalue weighted by molar-refractivity contribution is 0.556. The van der Waals surface area contributed by atoms with E-state index in [2.05, 4.69) is 22.2 Å². The van der Waals surface area contributed by atoms with E-state index in [0.717, 1.165) is 23.5 Å². The van der Waals surface area contributed by atoms with Gasteiger partial charge in [-0.25, -0.2) is 9.97 Å². The van der Waals surface area contributed by atoms with Crippen LogP contribution in [0.5, 0.6) is 0 Å². The van der Waals surface area contributed by atoms with Crippen LogP contribution in [0.1, 0.15) is 19.8 Å². The Morgan fingerprint density at radius 2 is 2.20 bits per heavy atom. The van der Waals surface area contributed by atoms with E-state index in [4.69, 9.17) is 0 Å². The van der Waals surface area contributed by atoms with E-state index in [9.17, 15) is 0 Å². The minimum atomic E-state index is 0.680. The molecule has 2 rings (SSSR count). The number of hydrogen-bond acceptors (Lipinski definition) is 4. The summed E-state index contributed by atoms with van der Waals surface area (Å²) in [6, 6.07) is 2.66. The van der Waals surface area contributed by atoms with Gasteiger partial charge in [0.15, 0.2) is 5.16 Å². The van der Waals surface area contributed by atoms with Crippen LogP contribution in [0.25, 0.3) is 0 Å². The van der Waals surface area contributed by atoms with Crippen LogP contribution in [0.3, 0.4) is 0 Å². The molecule has 1 aromatic heterocycles. The van der Waals surface area contributed by atoms with Crippen LogP contribution < -0.4 is 5.32 Å². The van der Waals surface area contributed by atoms with Gasteiger partial charge in [-0.2, -0.15) is 0 Å². The lowest BCUT2D eigenvalue weighted by Gasteiger charge is -2.10. The number of nitrogens with one attached hydrogen (secondary N) is 1. The fourth-order valence-corrected chi connectivity index (χ4v) is 2.11. The molecular formula is C11H17N3S. The zero-order chi connectivity index (χ0) is 10.5. The number of thioether (sulfide) groups is 1. The van der Waals surface area contributed by atoms with Crippen LogP contribution in [0, 0.1) is 5.92 Å². The molecule has 1 fully saturated rings. The lowest BCUT2D eigenvalue weighted by atomic mass is 10.2. The summed E-state index contributed by atoms with van der Waals surface area (Å²) < 4.78 is 0. The molecule has 0 spiro atoms. The number of nitrogens with zero attached hydrogens (tertiary/aromatic N) is 2. The third-order valence-corrected chi connectivity index (χ3v) is 3.58.